The average molecular weight is 435 g/mol. The third-order valence-corrected chi connectivity index (χ3v) is 6.10. The van der Waals surface area contributed by atoms with Crippen LogP contribution in [0.5, 0.6) is 0 Å². The summed E-state index contributed by atoms with van der Waals surface area (Å²) >= 11 is 0. The molecule has 164 valence electrons. The molecule has 3 amide bonds. The van der Waals surface area contributed by atoms with Gasteiger partial charge in [0.2, 0.25) is 0 Å². The predicted octanol–water partition coefficient (Wildman–Crippen LogP) is 1.25. The molecule has 32 heavy (non-hydrogen) atoms. The molecule has 1 fully saturated rings. The van der Waals surface area contributed by atoms with Crippen molar-refractivity contribution in [3.8, 4) is 0 Å². The van der Waals surface area contributed by atoms with Crippen molar-refractivity contribution in [2.24, 2.45) is 16.7 Å². The van der Waals surface area contributed by atoms with E-state index in [0.717, 1.165) is 32.6 Å². The maximum Gasteiger partial charge on any atom is 0.328 e. The van der Waals surface area contributed by atoms with Gasteiger partial charge in [-0.3, -0.25) is 9.69 Å². The van der Waals surface area contributed by atoms with Crippen LogP contribution < -0.4 is 17.1 Å². The molecule has 9 nitrogen and oxygen atoms in total. The van der Waals surface area contributed by atoms with Crippen LogP contribution >= 0.6 is 0 Å². The summed E-state index contributed by atoms with van der Waals surface area (Å²) in [5.41, 5.74) is 11.8. The molecule has 0 aliphatic carbocycles. The Morgan fingerprint density at radius 3 is 2.66 bits per heavy atom. The zero-order valence-corrected chi connectivity index (χ0v) is 17.2. The quantitative estimate of drug-likeness (QED) is 0.183. The van der Waals surface area contributed by atoms with Gasteiger partial charge in [-0.05, 0) is 29.3 Å². The number of imide groups is 1. The number of carbonyl (C=O) groups excluding carboxylic acids is 2. The van der Waals surface area contributed by atoms with Crippen molar-refractivity contribution < 1.29 is 14.0 Å². The van der Waals surface area contributed by atoms with E-state index in [4.69, 9.17) is 11.6 Å². The number of benzene rings is 2. The Balaban J connectivity index is 1.53. The highest BCUT2D eigenvalue weighted by molar-refractivity contribution is 6.07. The minimum absolute atomic E-state index is 0.0397. The van der Waals surface area contributed by atoms with Crippen LogP contribution in [0.2, 0.25) is 0 Å². The minimum atomic E-state index is -0.585. The highest BCUT2D eigenvalue weighted by atomic mass is 19.1. The number of fused-ring (bicyclic) bond motifs is 4. The van der Waals surface area contributed by atoms with Gasteiger partial charge in [0.25, 0.3) is 5.91 Å². The number of hydrazone groups is 1. The third kappa shape index (κ3) is 3.16. The molecule has 0 saturated carbocycles. The first-order chi connectivity index (χ1) is 15.5. The van der Waals surface area contributed by atoms with E-state index < -0.39 is 12.1 Å². The summed E-state index contributed by atoms with van der Waals surface area (Å²) < 4.78 is 15.5. The van der Waals surface area contributed by atoms with E-state index >= 15 is 0 Å². The summed E-state index contributed by atoms with van der Waals surface area (Å²) in [5.74, 6) is 4.59. The molecule has 2 aliphatic rings. The Hall–Kier alpha value is -3.92. The van der Waals surface area contributed by atoms with Gasteiger partial charge in [-0.2, -0.15) is 5.10 Å². The minimum Gasteiger partial charge on any atom is -0.384 e. The van der Waals surface area contributed by atoms with Crippen molar-refractivity contribution in [2.45, 2.75) is 25.6 Å². The van der Waals surface area contributed by atoms with Crippen LogP contribution in [0.4, 0.5) is 9.18 Å². The van der Waals surface area contributed by atoms with Crippen LogP contribution in [0.15, 0.2) is 53.6 Å². The number of halogens is 1. The number of rotatable bonds is 5. The lowest BCUT2D eigenvalue weighted by Gasteiger charge is -2.28. The van der Waals surface area contributed by atoms with Crippen LogP contribution in [-0.2, 0) is 24.3 Å². The molecule has 0 spiro atoms. The summed E-state index contributed by atoms with van der Waals surface area (Å²) in [6.07, 6.45) is 0.416. The highest BCUT2D eigenvalue weighted by Crippen LogP contribution is 2.36. The SMILES string of the molecule is NN/N=C(\N)CN1C(=O)C2Cc3c(n(Cc4ccc(F)cc4)c4ccccc34)CN2C1=O. The van der Waals surface area contributed by atoms with Gasteiger partial charge in [-0.1, -0.05) is 30.3 Å². The molecule has 1 saturated heterocycles. The number of para-hydroxylation sites is 1. The number of nitrogens with one attached hydrogen (secondary N) is 1. The van der Waals surface area contributed by atoms with E-state index in [1.54, 1.807) is 17.0 Å². The molecular formula is C22H22FN7O2. The van der Waals surface area contributed by atoms with Gasteiger partial charge in [0.1, 0.15) is 17.7 Å². The number of urea groups is 1. The molecule has 0 radical (unpaired) electrons. The smallest absolute Gasteiger partial charge is 0.328 e. The molecule has 3 heterocycles. The average Bonchev–Trinajstić information content (AvgIpc) is 3.21. The Morgan fingerprint density at radius 1 is 1.16 bits per heavy atom. The van der Waals surface area contributed by atoms with Gasteiger partial charge in [-0.25, -0.2) is 20.6 Å². The molecule has 1 unspecified atom stereocenters. The Bertz CT molecular complexity index is 1250. The molecule has 5 rings (SSSR count). The zero-order chi connectivity index (χ0) is 22.4. The first-order valence-electron chi connectivity index (χ1n) is 10.2. The normalized spacial score (nSPS) is 18.3. The van der Waals surface area contributed by atoms with Crippen LogP contribution in [0.1, 0.15) is 16.8 Å². The van der Waals surface area contributed by atoms with Gasteiger partial charge >= 0.3 is 6.03 Å². The molecule has 2 aliphatic heterocycles. The number of aromatic nitrogens is 1. The van der Waals surface area contributed by atoms with E-state index in [1.165, 1.54) is 12.1 Å². The van der Waals surface area contributed by atoms with E-state index in [2.05, 4.69) is 15.2 Å². The summed E-state index contributed by atoms with van der Waals surface area (Å²) in [6.45, 7) is 0.695. The molecule has 1 aromatic heterocycles. The summed E-state index contributed by atoms with van der Waals surface area (Å²) in [7, 11) is 0. The van der Waals surface area contributed by atoms with Gasteiger partial charge in [0.05, 0.1) is 13.1 Å². The summed E-state index contributed by atoms with van der Waals surface area (Å²) in [4.78, 5) is 28.8. The van der Waals surface area contributed by atoms with Crippen molar-refractivity contribution in [3.05, 3.63) is 71.2 Å². The number of amidine groups is 1. The lowest BCUT2D eigenvalue weighted by Crippen LogP contribution is -2.40. The molecule has 10 heteroatoms. The predicted molar refractivity (Wildman–Crippen MR) is 117 cm³/mol. The second-order valence-corrected chi connectivity index (χ2v) is 7.94. The lowest BCUT2D eigenvalue weighted by molar-refractivity contribution is -0.128. The van der Waals surface area contributed by atoms with E-state index in [0.29, 0.717) is 19.5 Å². The number of hydrazine groups is 1. The standard InChI is InChI=1S/C22H22FN7O2/c23-14-7-5-13(6-8-14)10-28-17-4-2-1-3-15(17)16-9-18-21(31)30(12-20(24)26-27-25)22(32)29(18)11-19(16)28/h1-8,18,27H,9-12,25H2,(H2,24,26). The fourth-order valence-electron chi connectivity index (χ4n) is 4.64. The number of nitrogens with zero attached hydrogens (tertiary/aromatic N) is 4. The number of nitrogens with two attached hydrogens (primary N) is 2. The van der Waals surface area contributed by atoms with Crippen LogP contribution in [-0.4, -0.2) is 44.7 Å². The van der Waals surface area contributed by atoms with Gasteiger partial charge < -0.3 is 15.2 Å². The van der Waals surface area contributed by atoms with Crippen LogP contribution in [0, 0.1) is 5.82 Å². The molecule has 5 N–H and O–H groups in total. The Morgan fingerprint density at radius 2 is 1.91 bits per heavy atom. The molecular weight excluding hydrogens is 413 g/mol. The van der Waals surface area contributed by atoms with Crippen LogP contribution in [0.25, 0.3) is 10.9 Å². The molecule has 0 bridgehead atoms. The molecule has 2 aromatic carbocycles. The number of hydrogen-bond donors (Lipinski definition) is 3. The van der Waals surface area contributed by atoms with Gasteiger partial charge in [0, 0.05) is 29.6 Å². The maximum atomic E-state index is 13.4. The lowest BCUT2D eigenvalue weighted by atomic mass is 9.97. The highest BCUT2D eigenvalue weighted by Gasteiger charge is 2.48. The maximum absolute atomic E-state index is 13.4. The Kier molecular flexibility index (Phi) is 4.78. The first kappa shape index (κ1) is 20.0. The van der Waals surface area contributed by atoms with Crippen LogP contribution in [0.3, 0.4) is 0 Å². The fraction of sp³-hybridized carbons (Fsp3) is 0.227. The molecule has 3 aromatic rings. The van der Waals surface area contributed by atoms with Crippen molar-refractivity contribution >= 4 is 28.7 Å². The second-order valence-electron chi connectivity index (χ2n) is 7.94. The largest absolute Gasteiger partial charge is 0.384 e. The fourth-order valence-corrected chi connectivity index (χ4v) is 4.64. The zero-order valence-electron chi connectivity index (χ0n) is 17.2. The third-order valence-electron chi connectivity index (χ3n) is 6.10. The number of amides is 3. The van der Waals surface area contributed by atoms with Crippen molar-refractivity contribution in [2.75, 3.05) is 6.54 Å². The monoisotopic (exact) mass is 435 g/mol. The number of carbonyl (C=O) groups is 2. The van der Waals surface area contributed by atoms with Crippen molar-refractivity contribution in [3.63, 3.8) is 0 Å². The Labute approximate surface area is 183 Å². The van der Waals surface area contributed by atoms with Gasteiger partial charge in [0.15, 0.2) is 0 Å². The number of hydrogen-bond acceptors (Lipinski definition) is 5. The molecule has 1 atom stereocenters. The van der Waals surface area contributed by atoms with E-state index in [-0.39, 0.29) is 24.1 Å². The second kappa shape index (κ2) is 7.65. The topological polar surface area (TPSA) is 122 Å². The van der Waals surface area contributed by atoms with E-state index in [9.17, 15) is 14.0 Å². The van der Waals surface area contributed by atoms with Gasteiger partial charge in [-0.15, -0.1) is 0 Å². The first-order valence-corrected chi connectivity index (χ1v) is 10.2. The van der Waals surface area contributed by atoms with Crippen molar-refractivity contribution in [1.82, 2.24) is 19.9 Å². The van der Waals surface area contributed by atoms with Crippen molar-refractivity contribution in [1.29, 1.82) is 0 Å². The van der Waals surface area contributed by atoms with E-state index in [1.807, 2.05) is 24.3 Å². The summed E-state index contributed by atoms with van der Waals surface area (Å²) in [6, 6.07) is 13.4. The summed E-state index contributed by atoms with van der Waals surface area (Å²) in [5, 5.41) is 4.69.